The van der Waals surface area contributed by atoms with Crippen molar-refractivity contribution < 1.29 is 28.8 Å². The quantitative estimate of drug-likeness (QED) is 0.515. The molecule has 112 valence electrons. The molecule has 0 saturated carbocycles. The van der Waals surface area contributed by atoms with Crippen molar-refractivity contribution in [3.63, 3.8) is 0 Å². The van der Waals surface area contributed by atoms with E-state index in [9.17, 15) is 19.0 Å². The third-order valence-corrected chi connectivity index (χ3v) is 3.29. The van der Waals surface area contributed by atoms with Gasteiger partial charge in [0.1, 0.15) is 24.7 Å². The highest BCUT2D eigenvalue weighted by Crippen LogP contribution is 2.36. The molecule has 0 amide bonds. The number of hydrogen-bond acceptors (Lipinski definition) is 7. The van der Waals surface area contributed by atoms with Crippen LogP contribution in [0.5, 0.6) is 0 Å². The maximum Gasteiger partial charge on any atom is 0.181 e. The summed E-state index contributed by atoms with van der Waals surface area (Å²) in [4.78, 5) is 4.51. The number of amidine groups is 1. The number of nitrogens with zero attached hydrogens (tertiary/aromatic N) is 2. The Morgan fingerprint density at radius 3 is 2.80 bits per heavy atom. The second-order valence-electron chi connectivity index (χ2n) is 4.58. The van der Waals surface area contributed by atoms with E-state index in [4.69, 9.17) is 15.6 Å². The van der Waals surface area contributed by atoms with E-state index in [1.165, 1.54) is 0 Å². The molecule has 0 spiro atoms. The summed E-state index contributed by atoms with van der Waals surface area (Å²) in [5, 5.41) is 29.0. The van der Waals surface area contributed by atoms with Crippen molar-refractivity contribution in [2.24, 2.45) is 10.7 Å². The number of aliphatic hydroxyl groups excluding tert-OH is 2. The first kappa shape index (κ1) is 14.9. The zero-order valence-corrected chi connectivity index (χ0v) is 10.4. The van der Waals surface area contributed by atoms with Gasteiger partial charge in [-0.2, -0.15) is 0 Å². The number of rotatable bonds is 3. The van der Waals surface area contributed by atoms with Crippen LogP contribution in [0.1, 0.15) is 0 Å². The van der Waals surface area contributed by atoms with E-state index in [1.54, 1.807) is 0 Å². The molecule has 0 aromatic heterocycles. The van der Waals surface area contributed by atoms with Crippen molar-refractivity contribution >= 4 is 5.84 Å². The molecule has 0 aromatic carbocycles. The molecule has 20 heavy (non-hydrogen) atoms. The molecule has 1 unspecified atom stereocenters. The Morgan fingerprint density at radius 1 is 1.60 bits per heavy atom. The lowest BCUT2D eigenvalue weighted by molar-refractivity contribution is -0.130. The van der Waals surface area contributed by atoms with Crippen LogP contribution in [-0.4, -0.2) is 63.4 Å². The molecule has 5 N–H and O–H groups in total. The summed E-state index contributed by atoms with van der Waals surface area (Å²) in [7, 11) is 0. The van der Waals surface area contributed by atoms with E-state index < -0.39 is 49.0 Å². The molecule has 7 nitrogen and oxygen atoms in total. The van der Waals surface area contributed by atoms with Crippen molar-refractivity contribution in [3.05, 3.63) is 24.4 Å². The normalized spacial score (nSPS) is 38.0. The molecule has 2 heterocycles. The molecule has 0 bridgehead atoms. The number of aliphatic imine (C=N–C) groups is 1. The van der Waals surface area contributed by atoms with E-state index in [0.29, 0.717) is 0 Å². The number of aliphatic hydroxyl groups is 3. The molecular weight excluding hydrogens is 276 g/mol. The van der Waals surface area contributed by atoms with Gasteiger partial charge in [-0.1, -0.05) is 6.58 Å². The highest BCUT2D eigenvalue weighted by molar-refractivity contribution is 5.96. The average Bonchev–Trinajstić information content (AvgIpc) is 2.67. The van der Waals surface area contributed by atoms with Crippen LogP contribution in [0, 0.1) is 0 Å². The summed E-state index contributed by atoms with van der Waals surface area (Å²) in [6.07, 6.45) is -3.55. The van der Waals surface area contributed by atoms with Crippen molar-refractivity contribution in [3.8, 4) is 0 Å². The van der Waals surface area contributed by atoms with Gasteiger partial charge in [0.2, 0.25) is 0 Å². The minimum Gasteiger partial charge on any atom is -0.394 e. The van der Waals surface area contributed by atoms with Gasteiger partial charge in [0.15, 0.2) is 23.5 Å². The maximum absolute atomic E-state index is 13.5. The third kappa shape index (κ3) is 2.08. The fraction of sp³-hybridized carbons (Fsp3) is 0.545. The van der Waals surface area contributed by atoms with Gasteiger partial charge < -0.3 is 30.7 Å². The molecule has 2 aliphatic heterocycles. The minimum absolute atomic E-state index is 0.0911. The van der Waals surface area contributed by atoms with Crippen LogP contribution in [0.2, 0.25) is 0 Å². The zero-order chi connectivity index (χ0) is 15.1. The van der Waals surface area contributed by atoms with Crippen molar-refractivity contribution in [2.45, 2.75) is 24.0 Å². The van der Waals surface area contributed by atoms with E-state index in [1.807, 2.05) is 0 Å². The Morgan fingerprint density at radius 2 is 2.25 bits per heavy atom. The molecule has 0 aromatic rings. The van der Waals surface area contributed by atoms with Crippen LogP contribution in [-0.2, 0) is 4.74 Å². The highest BCUT2D eigenvalue weighted by Gasteiger charge is 2.58. The topological polar surface area (TPSA) is 112 Å². The zero-order valence-electron chi connectivity index (χ0n) is 10.4. The van der Waals surface area contributed by atoms with Crippen LogP contribution in [0.25, 0.3) is 0 Å². The predicted molar refractivity (Wildman–Crippen MR) is 64.5 cm³/mol. The van der Waals surface area contributed by atoms with Gasteiger partial charge in [-0.05, 0) is 0 Å². The SMILES string of the molecule is C=C1N=C(N)C(F)=CN1[C@@H]1O[C@H](CO)[C@H](O)C1(O)CF. The molecule has 1 saturated heterocycles. The van der Waals surface area contributed by atoms with Crippen molar-refractivity contribution in [2.75, 3.05) is 13.3 Å². The Bertz CT molecular complexity index is 484. The number of ether oxygens (including phenoxy) is 1. The molecule has 0 aliphatic carbocycles. The highest BCUT2D eigenvalue weighted by atomic mass is 19.1. The lowest BCUT2D eigenvalue weighted by Crippen LogP contribution is -2.55. The van der Waals surface area contributed by atoms with Gasteiger partial charge in [0, 0.05) is 6.20 Å². The number of hydrogen-bond donors (Lipinski definition) is 4. The Balaban J connectivity index is 2.35. The summed E-state index contributed by atoms with van der Waals surface area (Å²) >= 11 is 0. The smallest absolute Gasteiger partial charge is 0.181 e. The molecular formula is C11H15F2N3O4. The van der Waals surface area contributed by atoms with E-state index >= 15 is 0 Å². The fourth-order valence-corrected chi connectivity index (χ4v) is 2.14. The van der Waals surface area contributed by atoms with E-state index in [0.717, 1.165) is 11.1 Å². The molecule has 2 aliphatic rings. The largest absolute Gasteiger partial charge is 0.394 e. The maximum atomic E-state index is 13.5. The lowest BCUT2D eigenvalue weighted by Gasteiger charge is -2.36. The van der Waals surface area contributed by atoms with Gasteiger partial charge in [-0.15, -0.1) is 0 Å². The van der Waals surface area contributed by atoms with Gasteiger partial charge >= 0.3 is 0 Å². The molecule has 1 fully saturated rings. The number of halogens is 2. The summed E-state index contributed by atoms with van der Waals surface area (Å²) < 4.78 is 31.8. The molecule has 9 heteroatoms. The van der Waals surface area contributed by atoms with Crippen LogP contribution in [0.3, 0.4) is 0 Å². The van der Waals surface area contributed by atoms with Crippen LogP contribution in [0.15, 0.2) is 29.4 Å². The monoisotopic (exact) mass is 291 g/mol. The van der Waals surface area contributed by atoms with Crippen molar-refractivity contribution in [1.29, 1.82) is 0 Å². The third-order valence-electron chi connectivity index (χ3n) is 3.29. The second kappa shape index (κ2) is 5.09. The molecule has 2 rings (SSSR count). The van der Waals surface area contributed by atoms with Gasteiger partial charge in [-0.25, -0.2) is 13.8 Å². The van der Waals surface area contributed by atoms with Gasteiger partial charge in [0.25, 0.3) is 0 Å². The average molecular weight is 291 g/mol. The second-order valence-corrected chi connectivity index (χ2v) is 4.58. The standard InChI is InChI=1S/C11H15F2N3O4/c1-5-15-9(14)6(13)2-16(5)10-11(19,4-12)8(18)7(3-17)20-10/h2,7-8,10,17-19H,1,3-4H2,(H2,14,15)/t7-,8+,10-,11?/m1/s1. The first-order chi connectivity index (χ1) is 9.35. The van der Waals surface area contributed by atoms with E-state index in [-0.39, 0.29) is 5.82 Å². The van der Waals surface area contributed by atoms with Gasteiger partial charge in [-0.3, -0.25) is 0 Å². The fourth-order valence-electron chi connectivity index (χ4n) is 2.14. The van der Waals surface area contributed by atoms with E-state index in [2.05, 4.69) is 11.6 Å². The minimum atomic E-state index is -2.35. The summed E-state index contributed by atoms with van der Waals surface area (Å²) in [5.41, 5.74) is 2.91. The van der Waals surface area contributed by atoms with Crippen LogP contribution in [0.4, 0.5) is 8.78 Å². The summed E-state index contributed by atoms with van der Waals surface area (Å²) in [6, 6.07) is 0. The number of alkyl halides is 1. The first-order valence-electron chi connectivity index (χ1n) is 5.77. The summed E-state index contributed by atoms with van der Waals surface area (Å²) in [6.45, 7) is 1.48. The lowest BCUT2D eigenvalue weighted by atomic mass is 9.95. The Labute approximate surface area is 113 Å². The van der Waals surface area contributed by atoms with Crippen LogP contribution < -0.4 is 5.73 Å². The summed E-state index contributed by atoms with van der Waals surface area (Å²) in [5.74, 6) is -1.41. The molecule has 0 radical (unpaired) electrons. The van der Waals surface area contributed by atoms with Crippen molar-refractivity contribution in [1.82, 2.24) is 4.90 Å². The number of nitrogens with two attached hydrogens (primary N) is 1. The Kier molecular flexibility index (Phi) is 3.78. The predicted octanol–water partition coefficient (Wildman–Crippen LogP) is -1.28. The van der Waals surface area contributed by atoms with Gasteiger partial charge in [0.05, 0.1) is 6.61 Å². The molecule has 4 atom stereocenters. The Hall–Kier alpha value is -1.55. The first-order valence-corrected chi connectivity index (χ1v) is 5.77. The van der Waals surface area contributed by atoms with Crippen LogP contribution >= 0.6 is 0 Å².